The maximum atomic E-state index is 13.3. The fourth-order valence-corrected chi connectivity index (χ4v) is 4.78. The summed E-state index contributed by atoms with van der Waals surface area (Å²) in [5.74, 6) is -0.0724. The van der Waals surface area contributed by atoms with Crippen LogP contribution in [0.15, 0.2) is 42.2 Å². The molecule has 2 aliphatic rings. The highest BCUT2D eigenvalue weighted by Crippen LogP contribution is 2.55. The number of carbonyl (C=O) groups excluding carboxylic acids is 2. The fraction of sp³-hybridized carbons (Fsp3) is 0.565. The van der Waals surface area contributed by atoms with Crippen molar-refractivity contribution in [3.63, 3.8) is 0 Å². The standard InChI is InChI=1S/C23H30O4/c1-4-22(5-2,20(24)26-6-3)19-16-18(17-12-8-7-9-13-17)23(21(25)27-19)14-10-11-15-23/h7-9,12-13,16,18H,4-6,10-11,14-15H2,1-3H3. The largest absolute Gasteiger partial charge is 0.465 e. The van der Waals surface area contributed by atoms with E-state index in [1.165, 1.54) is 0 Å². The van der Waals surface area contributed by atoms with Crippen LogP contribution in [0.4, 0.5) is 0 Å². The molecule has 0 N–H and O–H groups in total. The first-order valence-electron chi connectivity index (χ1n) is 10.2. The summed E-state index contributed by atoms with van der Waals surface area (Å²) in [5, 5.41) is 0. The Kier molecular flexibility index (Phi) is 5.73. The second-order valence-corrected chi connectivity index (χ2v) is 7.68. The van der Waals surface area contributed by atoms with Gasteiger partial charge in [-0.2, -0.15) is 0 Å². The van der Waals surface area contributed by atoms with Crippen molar-refractivity contribution in [3.8, 4) is 0 Å². The molecule has 1 aliphatic heterocycles. The van der Waals surface area contributed by atoms with Gasteiger partial charge in [0.15, 0.2) is 0 Å². The number of hydrogen-bond acceptors (Lipinski definition) is 4. The zero-order valence-electron chi connectivity index (χ0n) is 16.6. The summed E-state index contributed by atoms with van der Waals surface area (Å²) in [6, 6.07) is 10.1. The molecule has 0 bridgehead atoms. The summed E-state index contributed by atoms with van der Waals surface area (Å²) in [6.45, 7) is 6.02. The minimum absolute atomic E-state index is 0.0654. The zero-order valence-corrected chi connectivity index (χ0v) is 16.6. The molecule has 1 fully saturated rings. The summed E-state index contributed by atoms with van der Waals surface area (Å²) >= 11 is 0. The number of ether oxygens (including phenoxy) is 2. The molecule has 1 aromatic rings. The zero-order chi connectivity index (χ0) is 19.5. The average Bonchev–Trinajstić information content (AvgIpc) is 3.17. The molecule has 1 heterocycles. The monoisotopic (exact) mass is 370 g/mol. The van der Waals surface area contributed by atoms with Crippen molar-refractivity contribution < 1.29 is 19.1 Å². The van der Waals surface area contributed by atoms with Gasteiger partial charge in [0.05, 0.1) is 12.0 Å². The van der Waals surface area contributed by atoms with Crippen molar-refractivity contribution >= 4 is 11.9 Å². The molecule has 3 rings (SSSR count). The Morgan fingerprint density at radius 2 is 1.78 bits per heavy atom. The van der Waals surface area contributed by atoms with E-state index in [0.717, 1.165) is 31.2 Å². The number of benzene rings is 1. The van der Waals surface area contributed by atoms with Crippen LogP contribution in [0.2, 0.25) is 0 Å². The van der Waals surface area contributed by atoms with E-state index in [1.54, 1.807) is 6.92 Å². The SMILES string of the molecule is CCOC(=O)C(CC)(CC)C1=CC(c2ccccc2)C2(CCCC2)C(=O)O1. The quantitative estimate of drug-likeness (QED) is 0.651. The Hall–Kier alpha value is -2.10. The average molecular weight is 370 g/mol. The number of carbonyl (C=O) groups is 2. The lowest BCUT2D eigenvalue weighted by Gasteiger charge is -2.42. The number of cyclic esters (lactones) is 1. The van der Waals surface area contributed by atoms with Gasteiger partial charge < -0.3 is 9.47 Å². The normalized spacial score (nSPS) is 21.7. The van der Waals surface area contributed by atoms with E-state index in [-0.39, 0.29) is 17.9 Å². The number of allylic oxidation sites excluding steroid dienone is 1. The van der Waals surface area contributed by atoms with E-state index in [0.29, 0.717) is 25.2 Å². The van der Waals surface area contributed by atoms with E-state index in [2.05, 4.69) is 12.1 Å². The van der Waals surface area contributed by atoms with Gasteiger partial charge in [0.1, 0.15) is 11.2 Å². The minimum atomic E-state index is -0.904. The molecule has 146 valence electrons. The third-order valence-electron chi connectivity index (χ3n) is 6.52. The lowest BCUT2D eigenvalue weighted by atomic mass is 9.67. The fourth-order valence-electron chi connectivity index (χ4n) is 4.78. The lowest BCUT2D eigenvalue weighted by molar-refractivity contribution is -0.164. The van der Waals surface area contributed by atoms with E-state index < -0.39 is 10.8 Å². The van der Waals surface area contributed by atoms with Crippen molar-refractivity contribution in [2.45, 2.75) is 65.2 Å². The van der Waals surface area contributed by atoms with Crippen LogP contribution < -0.4 is 0 Å². The topological polar surface area (TPSA) is 52.6 Å². The Morgan fingerprint density at radius 3 is 2.33 bits per heavy atom. The number of rotatable bonds is 6. The second kappa shape index (κ2) is 7.87. The first-order chi connectivity index (χ1) is 13.0. The van der Waals surface area contributed by atoms with Gasteiger partial charge in [0, 0.05) is 5.92 Å². The number of hydrogen-bond donors (Lipinski definition) is 0. The molecule has 4 heteroatoms. The Labute approximate surface area is 161 Å². The summed E-state index contributed by atoms with van der Waals surface area (Å²) in [5.41, 5.74) is -0.301. The molecule has 0 saturated heterocycles. The van der Waals surface area contributed by atoms with E-state index in [1.807, 2.05) is 38.1 Å². The molecule has 0 amide bonds. The predicted octanol–water partition coefficient (Wildman–Crippen LogP) is 5.14. The summed E-state index contributed by atoms with van der Waals surface area (Å²) < 4.78 is 11.3. The van der Waals surface area contributed by atoms with Crippen LogP contribution in [0, 0.1) is 10.8 Å². The van der Waals surface area contributed by atoms with E-state index >= 15 is 0 Å². The van der Waals surface area contributed by atoms with Crippen LogP contribution in [-0.2, 0) is 19.1 Å². The minimum Gasteiger partial charge on any atom is -0.465 e. The summed E-state index contributed by atoms with van der Waals surface area (Å²) in [6.07, 6.45) is 6.86. The predicted molar refractivity (Wildman–Crippen MR) is 104 cm³/mol. The van der Waals surface area contributed by atoms with Crippen molar-refractivity contribution in [1.82, 2.24) is 0 Å². The number of esters is 2. The smallest absolute Gasteiger partial charge is 0.319 e. The van der Waals surface area contributed by atoms with Crippen LogP contribution in [0.25, 0.3) is 0 Å². The van der Waals surface area contributed by atoms with Crippen molar-refractivity contribution in [1.29, 1.82) is 0 Å². The van der Waals surface area contributed by atoms with Gasteiger partial charge in [-0.05, 0) is 44.2 Å². The Morgan fingerprint density at radius 1 is 1.15 bits per heavy atom. The van der Waals surface area contributed by atoms with Crippen LogP contribution in [0.5, 0.6) is 0 Å². The van der Waals surface area contributed by atoms with Crippen molar-refractivity contribution in [3.05, 3.63) is 47.7 Å². The Balaban J connectivity index is 2.12. The molecule has 27 heavy (non-hydrogen) atoms. The molecule has 1 aromatic carbocycles. The molecule has 0 aromatic heterocycles. The van der Waals surface area contributed by atoms with Crippen LogP contribution in [0.1, 0.15) is 70.8 Å². The molecule has 1 unspecified atom stereocenters. The van der Waals surface area contributed by atoms with E-state index in [4.69, 9.17) is 9.47 Å². The van der Waals surface area contributed by atoms with Gasteiger partial charge >= 0.3 is 11.9 Å². The highest BCUT2D eigenvalue weighted by molar-refractivity contribution is 5.85. The van der Waals surface area contributed by atoms with Crippen LogP contribution >= 0.6 is 0 Å². The molecule has 1 atom stereocenters. The van der Waals surface area contributed by atoms with Crippen LogP contribution in [-0.4, -0.2) is 18.5 Å². The lowest BCUT2D eigenvalue weighted by Crippen LogP contribution is -2.44. The molecule has 1 aliphatic carbocycles. The summed E-state index contributed by atoms with van der Waals surface area (Å²) in [7, 11) is 0. The third-order valence-corrected chi connectivity index (χ3v) is 6.52. The van der Waals surface area contributed by atoms with Gasteiger partial charge in [-0.25, -0.2) is 0 Å². The molecule has 4 nitrogen and oxygen atoms in total. The maximum Gasteiger partial charge on any atom is 0.319 e. The highest BCUT2D eigenvalue weighted by Gasteiger charge is 2.55. The van der Waals surface area contributed by atoms with Gasteiger partial charge in [-0.15, -0.1) is 0 Å². The molecule has 1 saturated carbocycles. The van der Waals surface area contributed by atoms with Crippen molar-refractivity contribution in [2.24, 2.45) is 10.8 Å². The first-order valence-corrected chi connectivity index (χ1v) is 10.2. The van der Waals surface area contributed by atoms with Crippen LogP contribution in [0.3, 0.4) is 0 Å². The van der Waals surface area contributed by atoms with E-state index in [9.17, 15) is 9.59 Å². The van der Waals surface area contributed by atoms with Gasteiger partial charge in [0.2, 0.25) is 0 Å². The molecular formula is C23H30O4. The molecule has 0 radical (unpaired) electrons. The molecular weight excluding hydrogens is 340 g/mol. The molecule has 1 spiro atoms. The highest BCUT2D eigenvalue weighted by atomic mass is 16.6. The van der Waals surface area contributed by atoms with Gasteiger partial charge in [-0.1, -0.05) is 57.0 Å². The van der Waals surface area contributed by atoms with Gasteiger partial charge in [-0.3, -0.25) is 9.59 Å². The Bertz CT molecular complexity index is 709. The maximum absolute atomic E-state index is 13.3. The van der Waals surface area contributed by atoms with Gasteiger partial charge in [0.25, 0.3) is 0 Å². The second-order valence-electron chi connectivity index (χ2n) is 7.68. The third kappa shape index (κ3) is 3.19. The first kappa shape index (κ1) is 19.7. The summed E-state index contributed by atoms with van der Waals surface area (Å²) in [4.78, 5) is 26.1. The van der Waals surface area contributed by atoms with Crippen molar-refractivity contribution in [2.75, 3.05) is 6.61 Å².